The molecule has 28 heavy (non-hydrogen) atoms. The van der Waals surface area contributed by atoms with Crippen molar-refractivity contribution < 1.29 is 9.15 Å². The molecule has 2 aromatic carbocycles. The Labute approximate surface area is 170 Å². The molecule has 0 unspecified atom stereocenters. The van der Waals surface area contributed by atoms with Crippen LogP contribution in [-0.4, -0.2) is 27.0 Å². The van der Waals surface area contributed by atoms with Crippen LogP contribution in [-0.2, 0) is 5.75 Å². The van der Waals surface area contributed by atoms with Crippen molar-refractivity contribution in [2.75, 3.05) is 11.9 Å². The zero-order valence-electron chi connectivity index (χ0n) is 15.0. The van der Waals surface area contributed by atoms with Crippen LogP contribution in [0.3, 0.4) is 0 Å². The maximum atomic E-state index is 5.72. The molecule has 1 N–H and O–H groups in total. The summed E-state index contributed by atoms with van der Waals surface area (Å²) in [5, 5.41) is 20.6. The summed E-state index contributed by atoms with van der Waals surface area (Å²) in [4.78, 5) is 0. The number of ether oxygens (including phenoxy) is 1. The number of rotatable bonds is 8. The highest BCUT2D eigenvalue weighted by Crippen LogP contribution is 2.33. The Bertz CT molecular complexity index is 1040. The summed E-state index contributed by atoms with van der Waals surface area (Å²) < 4.78 is 12.2. The van der Waals surface area contributed by atoms with E-state index in [9.17, 15) is 0 Å². The van der Waals surface area contributed by atoms with Crippen molar-refractivity contribution in [1.29, 1.82) is 0 Å². The molecule has 0 fully saturated rings. The molecule has 0 amide bonds. The van der Waals surface area contributed by atoms with Gasteiger partial charge in [-0.1, -0.05) is 53.4 Å². The van der Waals surface area contributed by atoms with Crippen LogP contribution in [0.4, 0.5) is 10.8 Å². The smallest absolute Gasteiger partial charge is 0.247 e. The number of hydrogen-bond donors (Lipinski definition) is 1. The molecule has 0 radical (unpaired) electrons. The summed E-state index contributed by atoms with van der Waals surface area (Å²) in [5.74, 6) is 2.39. The quantitative estimate of drug-likeness (QED) is 0.404. The molecular formula is C19H17N5O2S2. The third-order valence-corrected chi connectivity index (χ3v) is 5.60. The van der Waals surface area contributed by atoms with Crippen LogP contribution in [0, 0.1) is 0 Å². The van der Waals surface area contributed by atoms with Crippen molar-refractivity contribution in [2.24, 2.45) is 0 Å². The lowest BCUT2D eigenvalue weighted by atomic mass is 10.2. The Hall–Kier alpha value is -2.91. The molecule has 142 valence electrons. The van der Waals surface area contributed by atoms with Crippen LogP contribution in [0.2, 0.25) is 0 Å². The molecule has 4 rings (SSSR count). The highest BCUT2D eigenvalue weighted by atomic mass is 32.2. The van der Waals surface area contributed by atoms with Gasteiger partial charge in [0, 0.05) is 5.56 Å². The van der Waals surface area contributed by atoms with E-state index in [4.69, 9.17) is 9.15 Å². The molecule has 0 aliphatic carbocycles. The van der Waals surface area contributed by atoms with Gasteiger partial charge < -0.3 is 14.5 Å². The van der Waals surface area contributed by atoms with E-state index in [1.807, 2.05) is 61.5 Å². The first-order valence-corrected chi connectivity index (χ1v) is 10.4. The molecule has 7 nitrogen and oxygen atoms in total. The first-order valence-electron chi connectivity index (χ1n) is 8.65. The molecule has 0 aliphatic rings. The number of hydrogen-bond acceptors (Lipinski definition) is 9. The van der Waals surface area contributed by atoms with Gasteiger partial charge in [0.15, 0.2) is 4.34 Å². The highest BCUT2D eigenvalue weighted by Gasteiger charge is 2.12. The lowest BCUT2D eigenvalue weighted by Gasteiger charge is -2.09. The fourth-order valence-electron chi connectivity index (χ4n) is 2.42. The fraction of sp³-hybridized carbons (Fsp3) is 0.158. The second-order valence-electron chi connectivity index (χ2n) is 5.58. The normalized spacial score (nSPS) is 10.8. The number of benzene rings is 2. The van der Waals surface area contributed by atoms with Crippen LogP contribution in [0.5, 0.6) is 5.75 Å². The number of aromatic nitrogens is 4. The number of anilines is 2. The van der Waals surface area contributed by atoms with E-state index in [1.54, 1.807) is 0 Å². The van der Waals surface area contributed by atoms with Crippen molar-refractivity contribution in [3.8, 4) is 17.2 Å². The molecule has 0 aliphatic heterocycles. The Kier molecular flexibility index (Phi) is 5.83. The van der Waals surface area contributed by atoms with E-state index < -0.39 is 0 Å². The number of nitrogens with zero attached hydrogens (tertiary/aromatic N) is 4. The molecule has 2 aromatic heterocycles. The third-order valence-electron chi connectivity index (χ3n) is 3.64. The predicted octanol–water partition coefficient (Wildman–Crippen LogP) is 5.02. The zero-order chi connectivity index (χ0) is 19.2. The molecule has 0 bridgehead atoms. The summed E-state index contributed by atoms with van der Waals surface area (Å²) in [5.41, 5.74) is 1.77. The summed E-state index contributed by atoms with van der Waals surface area (Å²) in [6.45, 7) is 2.56. The van der Waals surface area contributed by atoms with Crippen LogP contribution in [0.25, 0.3) is 11.5 Å². The second kappa shape index (κ2) is 8.85. The van der Waals surface area contributed by atoms with Gasteiger partial charge in [0.05, 0.1) is 18.0 Å². The Morgan fingerprint density at radius 2 is 1.82 bits per heavy atom. The summed E-state index contributed by atoms with van der Waals surface area (Å²) in [7, 11) is 0. The molecule has 0 spiro atoms. The second-order valence-corrected chi connectivity index (χ2v) is 7.78. The van der Waals surface area contributed by atoms with Gasteiger partial charge >= 0.3 is 0 Å². The van der Waals surface area contributed by atoms with E-state index in [1.165, 1.54) is 23.1 Å². The Morgan fingerprint density at radius 1 is 1.00 bits per heavy atom. The van der Waals surface area contributed by atoms with Crippen LogP contribution >= 0.6 is 23.1 Å². The molecule has 0 atom stereocenters. The summed E-state index contributed by atoms with van der Waals surface area (Å²) in [6, 6.07) is 17.4. The van der Waals surface area contributed by atoms with Gasteiger partial charge in [0.1, 0.15) is 5.75 Å². The van der Waals surface area contributed by atoms with Gasteiger partial charge in [0.25, 0.3) is 0 Å². The molecule has 9 heteroatoms. The molecule has 2 heterocycles. The van der Waals surface area contributed by atoms with Gasteiger partial charge in [-0.15, -0.1) is 20.4 Å². The van der Waals surface area contributed by atoms with Crippen molar-refractivity contribution in [1.82, 2.24) is 20.4 Å². The van der Waals surface area contributed by atoms with E-state index in [2.05, 4.69) is 25.7 Å². The van der Waals surface area contributed by atoms with E-state index in [-0.39, 0.29) is 0 Å². The van der Waals surface area contributed by atoms with Gasteiger partial charge in [-0.05, 0) is 31.2 Å². The SMILES string of the molecule is CCOc1ccccc1Nc1nnc(SCc2nnc(-c3ccccc3)o2)s1. The van der Waals surface area contributed by atoms with Crippen LogP contribution in [0.1, 0.15) is 12.8 Å². The van der Waals surface area contributed by atoms with Gasteiger partial charge in [0.2, 0.25) is 16.9 Å². The number of nitrogens with one attached hydrogen (secondary N) is 1. The highest BCUT2D eigenvalue weighted by molar-refractivity contribution is 8.00. The largest absolute Gasteiger partial charge is 0.492 e. The third kappa shape index (κ3) is 4.49. The molecular weight excluding hydrogens is 394 g/mol. The van der Waals surface area contributed by atoms with Crippen LogP contribution in [0.15, 0.2) is 63.4 Å². The van der Waals surface area contributed by atoms with Gasteiger partial charge in [-0.2, -0.15) is 0 Å². The Balaban J connectivity index is 1.37. The lowest BCUT2D eigenvalue weighted by molar-refractivity contribution is 0.342. The minimum absolute atomic E-state index is 0.517. The first-order chi connectivity index (χ1) is 13.8. The topological polar surface area (TPSA) is 86.0 Å². The monoisotopic (exact) mass is 411 g/mol. The number of para-hydroxylation sites is 2. The average molecular weight is 412 g/mol. The summed E-state index contributed by atoms with van der Waals surface area (Å²) in [6.07, 6.45) is 0. The van der Waals surface area contributed by atoms with E-state index >= 15 is 0 Å². The zero-order valence-corrected chi connectivity index (χ0v) is 16.7. The van der Waals surface area contributed by atoms with Crippen molar-refractivity contribution in [3.63, 3.8) is 0 Å². The summed E-state index contributed by atoms with van der Waals surface area (Å²) >= 11 is 2.97. The maximum Gasteiger partial charge on any atom is 0.247 e. The predicted molar refractivity (Wildman–Crippen MR) is 110 cm³/mol. The van der Waals surface area contributed by atoms with E-state index in [0.717, 1.165) is 21.3 Å². The van der Waals surface area contributed by atoms with Crippen molar-refractivity contribution in [2.45, 2.75) is 17.0 Å². The Morgan fingerprint density at radius 3 is 2.68 bits per heavy atom. The lowest BCUT2D eigenvalue weighted by Crippen LogP contribution is -1.97. The van der Waals surface area contributed by atoms with Crippen molar-refractivity contribution in [3.05, 3.63) is 60.5 Å². The first kappa shape index (κ1) is 18.5. The molecule has 0 saturated heterocycles. The van der Waals surface area contributed by atoms with Gasteiger partial charge in [-0.25, -0.2) is 0 Å². The maximum absolute atomic E-state index is 5.72. The fourth-order valence-corrected chi connectivity index (χ4v) is 4.02. The number of thioether (sulfide) groups is 1. The van der Waals surface area contributed by atoms with E-state index in [0.29, 0.717) is 29.3 Å². The molecule has 4 aromatic rings. The van der Waals surface area contributed by atoms with Gasteiger partial charge in [-0.3, -0.25) is 0 Å². The standard InChI is InChI=1S/C19H17N5O2S2/c1-2-25-15-11-7-6-10-14(15)20-18-23-24-19(28-18)27-12-16-21-22-17(26-16)13-8-4-3-5-9-13/h3-11H,2,12H2,1H3,(H,20,23). The van der Waals surface area contributed by atoms with Crippen molar-refractivity contribution >= 4 is 33.9 Å². The van der Waals surface area contributed by atoms with Crippen LogP contribution < -0.4 is 10.1 Å². The minimum Gasteiger partial charge on any atom is -0.492 e. The molecule has 0 saturated carbocycles. The minimum atomic E-state index is 0.517. The average Bonchev–Trinajstić information content (AvgIpc) is 3.38.